The van der Waals surface area contributed by atoms with Crippen molar-refractivity contribution in [2.75, 3.05) is 41.4 Å². The van der Waals surface area contributed by atoms with Crippen LogP contribution in [0.3, 0.4) is 0 Å². The first kappa shape index (κ1) is 21.0. The van der Waals surface area contributed by atoms with Crippen molar-refractivity contribution in [1.82, 2.24) is 0 Å². The molecular formula is C22H22F3N3O3. The lowest BCUT2D eigenvalue weighted by Crippen LogP contribution is -2.43. The summed E-state index contributed by atoms with van der Waals surface area (Å²) in [5.41, 5.74) is 0.260. The van der Waals surface area contributed by atoms with E-state index in [-0.39, 0.29) is 18.8 Å². The molecule has 2 aromatic carbocycles. The number of alkyl halides is 3. The van der Waals surface area contributed by atoms with Crippen molar-refractivity contribution in [2.45, 2.75) is 25.4 Å². The Morgan fingerprint density at radius 1 is 1.03 bits per heavy atom. The maximum absolute atomic E-state index is 13.3. The average molecular weight is 433 g/mol. The summed E-state index contributed by atoms with van der Waals surface area (Å²) < 4.78 is 45.2. The Labute approximate surface area is 177 Å². The number of para-hydroxylation sites is 2. The standard InChI is InChI=1S/C22H22F3N3O3/c23-22(24,25)15-8-9-17(27-10-4-1-5-11-27)16(12-15)26-20(29)13-28-18-6-2-3-7-19(18)31-14-21(28)30/h2-3,6-9,12H,1,4-5,10-11,13-14H2,(H,26,29). The molecule has 0 radical (unpaired) electrons. The van der Waals surface area contributed by atoms with Crippen LogP contribution in [0.25, 0.3) is 0 Å². The molecule has 0 spiro atoms. The highest BCUT2D eigenvalue weighted by atomic mass is 19.4. The van der Waals surface area contributed by atoms with Gasteiger partial charge in [0.15, 0.2) is 6.61 Å². The van der Waals surface area contributed by atoms with Gasteiger partial charge in [-0.25, -0.2) is 0 Å². The fourth-order valence-corrected chi connectivity index (χ4v) is 3.88. The van der Waals surface area contributed by atoms with Gasteiger partial charge in [-0.1, -0.05) is 12.1 Å². The van der Waals surface area contributed by atoms with Gasteiger partial charge in [0.2, 0.25) is 5.91 Å². The molecule has 164 valence electrons. The van der Waals surface area contributed by atoms with Crippen molar-refractivity contribution in [3.05, 3.63) is 48.0 Å². The molecule has 0 aliphatic carbocycles. The highest BCUT2D eigenvalue weighted by Crippen LogP contribution is 2.37. The second-order valence-electron chi connectivity index (χ2n) is 7.56. The van der Waals surface area contributed by atoms with Gasteiger partial charge in [0.1, 0.15) is 12.3 Å². The molecule has 4 rings (SSSR count). The Morgan fingerprint density at radius 2 is 1.77 bits per heavy atom. The minimum Gasteiger partial charge on any atom is -0.482 e. The molecule has 1 fully saturated rings. The number of anilines is 3. The molecule has 0 saturated carbocycles. The van der Waals surface area contributed by atoms with Crippen LogP contribution in [-0.2, 0) is 15.8 Å². The van der Waals surface area contributed by atoms with E-state index in [2.05, 4.69) is 5.32 Å². The van der Waals surface area contributed by atoms with Gasteiger partial charge in [-0.05, 0) is 49.6 Å². The normalized spacial score (nSPS) is 16.5. The third-order valence-corrected chi connectivity index (χ3v) is 5.40. The van der Waals surface area contributed by atoms with E-state index in [0.29, 0.717) is 30.2 Å². The number of halogens is 3. The summed E-state index contributed by atoms with van der Waals surface area (Å²) in [5, 5.41) is 2.60. The predicted molar refractivity (Wildman–Crippen MR) is 110 cm³/mol. The fourth-order valence-electron chi connectivity index (χ4n) is 3.88. The molecule has 6 nitrogen and oxygen atoms in total. The zero-order valence-corrected chi connectivity index (χ0v) is 16.7. The largest absolute Gasteiger partial charge is 0.482 e. The second kappa shape index (κ2) is 8.49. The summed E-state index contributed by atoms with van der Waals surface area (Å²) in [5.74, 6) is -0.500. The Hall–Kier alpha value is -3.23. The molecule has 1 saturated heterocycles. The minimum atomic E-state index is -4.53. The van der Waals surface area contributed by atoms with Gasteiger partial charge in [0.05, 0.1) is 22.6 Å². The number of ether oxygens (including phenoxy) is 1. The average Bonchev–Trinajstić information content (AvgIpc) is 2.76. The van der Waals surface area contributed by atoms with Crippen LogP contribution >= 0.6 is 0 Å². The van der Waals surface area contributed by atoms with Crippen molar-refractivity contribution < 1.29 is 27.5 Å². The number of carbonyl (C=O) groups is 2. The number of benzene rings is 2. The zero-order valence-electron chi connectivity index (χ0n) is 16.7. The van der Waals surface area contributed by atoms with Crippen LogP contribution in [0.15, 0.2) is 42.5 Å². The van der Waals surface area contributed by atoms with Crippen molar-refractivity contribution in [1.29, 1.82) is 0 Å². The molecular weight excluding hydrogens is 411 g/mol. The summed E-state index contributed by atoms with van der Waals surface area (Å²) in [6, 6.07) is 10.2. The smallest absolute Gasteiger partial charge is 0.416 e. The summed E-state index contributed by atoms with van der Waals surface area (Å²) >= 11 is 0. The quantitative estimate of drug-likeness (QED) is 0.790. The lowest BCUT2D eigenvalue weighted by molar-refractivity contribution is -0.137. The minimum absolute atomic E-state index is 0.0933. The fraction of sp³-hybridized carbons (Fsp3) is 0.364. The molecule has 2 aromatic rings. The third kappa shape index (κ3) is 4.60. The van der Waals surface area contributed by atoms with Crippen LogP contribution in [0.4, 0.5) is 30.2 Å². The predicted octanol–water partition coefficient (Wildman–Crippen LogP) is 4.06. The van der Waals surface area contributed by atoms with Gasteiger partial charge in [0.25, 0.3) is 5.91 Å². The van der Waals surface area contributed by atoms with Gasteiger partial charge in [-0.3, -0.25) is 14.5 Å². The van der Waals surface area contributed by atoms with Crippen LogP contribution in [0.5, 0.6) is 5.75 Å². The number of fused-ring (bicyclic) bond motifs is 1. The SMILES string of the molecule is O=C(CN1C(=O)COc2ccccc21)Nc1cc(C(F)(F)F)ccc1N1CCCCC1. The molecule has 2 amide bonds. The van der Waals surface area contributed by atoms with Crippen molar-refractivity contribution >= 4 is 28.9 Å². The van der Waals surface area contributed by atoms with Gasteiger partial charge in [-0.15, -0.1) is 0 Å². The molecule has 0 bridgehead atoms. The third-order valence-electron chi connectivity index (χ3n) is 5.40. The number of hydrogen-bond acceptors (Lipinski definition) is 4. The van der Waals surface area contributed by atoms with E-state index >= 15 is 0 Å². The van der Waals surface area contributed by atoms with Crippen LogP contribution in [0.2, 0.25) is 0 Å². The summed E-state index contributed by atoms with van der Waals surface area (Å²) in [7, 11) is 0. The van der Waals surface area contributed by atoms with Crippen LogP contribution in [0, 0.1) is 0 Å². The number of nitrogens with zero attached hydrogens (tertiary/aromatic N) is 2. The number of amides is 2. The second-order valence-corrected chi connectivity index (χ2v) is 7.56. The van der Waals surface area contributed by atoms with Crippen molar-refractivity contribution in [3.8, 4) is 5.75 Å². The van der Waals surface area contributed by atoms with Gasteiger partial charge in [-0.2, -0.15) is 13.2 Å². The number of carbonyl (C=O) groups excluding carboxylic acids is 2. The Bertz CT molecular complexity index is 987. The number of nitrogens with one attached hydrogen (secondary N) is 1. The number of piperidine rings is 1. The van der Waals surface area contributed by atoms with E-state index in [1.165, 1.54) is 11.0 Å². The van der Waals surface area contributed by atoms with E-state index in [4.69, 9.17) is 4.74 Å². The lowest BCUT2D eigenvalue weighted by Gasteiger charge is -2.31. The maximum atomic E-state index is 13.3. The first-order chi connectivity index (χ1) is 14.8. The Morgan fingerprint density at radius 3 is 2.52 bits per heavy atom. The molecule has 1 N–H and O–H groups in total. The topological polar surface area (TPSA) is 61.9 Å². The lowest BCUT2D eigenvalue weighted by atomic mass is 10.1. The van der Waals surface area contributed by atoms with E-state index in [1.807, 2.05) is 4.90 Å². The highest BCUT2D eigenvalue weighted by Gasteiger charge is 2.32. The van der Waals surface area contributed by atoms with Crippen molar-refractivity contribution in [3.63, 3.8) is 0 Å². The zero-order chi connectivity index (χ0) is 22.0. The van der Waals surface area contributed by atoms with Crippen molar-refractivity contribution in [2.24, 2.45) is 0 Å². The summed E-state index contributed by atoms with van der Waals surface area (Å²) in [6.07, 6.45) is -1.59. The van der Waals surface area contributed by atoms with Crippen LogP contribution < -0.4 is 19.9 Å². The molecule has 0 unspecified atom stereocenters. The maximum Gasteiger partial charge on any atom is 0.416 e. The summed E-state index contributed by atoms with van der Waals surface area (Å²) in [4.78, 5) is 28.4. The monoisotopic (exact) mass is 433 g/mol. The molecule has 2 heterocycles. The molecule has 0 aromatic heterocycles. The molecule has 9 heteroatoms. The Balaban J connectivity index is 1.59. The van der Waals surface area contributed by atoms with Gasteiger partial charge >= 0.3 is 6.18 Å². The molecule has 0 atom stereocenters. The van der Waals surface area contributed by atoms with Crippen LogP contribution in [0.1, 0.15) is 24.8 Å². The van der Waals surface area contributed by atoms with E-state index in [1.54, 1.807) is 24.3 Å². The summed E-state index contributed by atoms with van der Waals surface area (Å²) in [6.45, 7) is 0.898. The van der Waals surface area contributed by atoms with Gasteiger partial charge < -0.3 is 15.0 Å². The highest BCUT2D eigenvalue weighted by molar-refractivity contribution is 6.05. The Kier molecular flexibility index (Phi) is 5.75. The first-order valence-corrected chi connectivity index (χ1v) is 10.1. The molecule has 2 aliphatic heterocycles. The first-order valence-electron chi connectivity index (χ1n) is 10.1. The molecule has 2 aliphatic rings. The van der Waals surface area contributed by atoms with E-state index in [0.717, 1.165) is 31.4 Å². The van der Waals surface area contributed by atoms with E-state index in [9.17, 15) is 22.8 Å². The molecule has 31 heavy (non-hydrogen) atoms. The van der Waals surface area contributed by atoms with E-state index < -0.39 is 23.6 Å². The number of rotatable bonds is 4. The van der Waals surface area contributed by atoms with Crippen LogP contribution in [-0.4, -0.2) is 38.1 Å². The van der Waals surface area contributed by atoms with Gasteiger partial charge in [0, 0.05) is 13.1 Å². The number of hydrogen-bond donors (Lipinski definition) is 1.